The highest BCUT2D eigenvalue weighted by Crippen LogP contribution is 2.29. The molecule has 3 rings (SSSR count). The minimum atomic E-state index is -0.181. The molecule has 0 aliphatic carbocycles. The van der Waals surface area contributed by atoms with Gasteiger partial charge in [0.05, 0.1) is 11.4 Å². The summed E-state index contributed by atoms with van der Waals surface area (Å²) in [5.74, 6) is -0.293. The minimum absolute atomic E-state index is 0.0382. The number of hydrogen-bond donors (Lipinski definition) is 1. The maximum atomic E-state index is 13.0. The van der Waals surface area contributed by atoms with E-state index in [1.54, 1.807) is 4.90 Å². The molecule has 0 spiro atoms. The van der Waals surface area contributed by atoms with E-state index in [4.69, 9.17) is 0 Å². The van der Waals surface area contributed by atoms with Gasteiger partial charge in [-0.25, -0.2) is 4.98 Å². The van der Waals surface area contributed by atoms with Crippen molar-refractivity contribution >= 4 is 34.0 Å². The standard InChI is InChI=1S/C24H27N3O2S/c1-17-16-30-23(26-17)27(20-8-6-5-7-9-20)21(28)14-15-25-22(29)18-10-12-19(13-11-18)24(2,3)4/h5-13,16H,14-15H2,1-4H3,(H,25,29). The predicted octanol–water partition coefficient (Wildman–Crippen LogP) is 5.23. The summed E-state index contributed by atoms with van der Waals surface area (Å²) >= 11 is 1.43. The molecule has 0 aliphatic rings. The fourth-order valence-corrected chi connectivity index (χ4v) is 3.84. The average molecular weight is 422 g/mol. The molecule has 0 fully saturated rings. The number of benzene rings is 2. The molecule has 0 unspecified atom stereocenters. The first kappa shape index (κ1) is 21.7. The zero-order chi connectivity index (χ0) is 21.7. The number of aryl methyl sites for hydroxylation is 1. The monoisotopic (exact) mass is 421 g/mol. The van der Waals surface area contributed by atoms with Gasteiger partial charge in [-0.1, -0.05) is 51.1 Å². The topological polar surface area (TPSA) is 62.3 Å². The summed E-state index contributed by atoms with van der Waals surface area (Å²) in [6.45, 7) is 8.56. The Morgan fingerprint density at radius 1 is 1.03 bits per heavy atom. The summed E-state index contributed by atoms with van der Waals surface area (Å²) in [5.41, 5.74) is 3.44. The highest BCUT2D eigenvalue weighted by atomic mass is 32.1. The van der Waals surface area contributed by atoms with Crippen molar-refractivity contribution in [3.8, 4) is 0 Å². The number of amides is 2. The zero-order valence-corrected chi connectivity index (χ0v) is 18.6. The van der Waals surface area contributed by atoms with Gasteiger partial charge in [0.25, 0.3) is 5.91 Å². The normalized spacial score (nSPS) is 11.2. The fourth-order valence-electron chi connectivity index (χ4n) is 3.00. The molecule has 3 aromatic rings. The van der Waals surface area contributed by atoms with Gasteiger partial charge in [0.1, 0.15) is 0 Å². The molecule has 0 saturated carbocycles. The Kier molecular flexibility index (Phi) is 6.67. The van der Waals surface area contributed by atoms with Gasteiger partial charge in [0.15, 0.2) is 5.13 Å². The van der Waals surface area contributed by atoms with Crippen molar-refractivity contribution in [3.63, 3.8) is 0 Å². The lowest BCUT2D eigenvalue weighted by Crippen LogP contribution is -2.31. The molecule has 2 amide bonds. The van der Waals surface area contributed by atoms with Crippen LogP contribution in [-0.4, -0.2) is 23.3 Å². The molecule has 0 aliphatic heterocycles. The van der Waals surface area contributed by atoms with Gasteiger partial charge >= 0.3 is 0 Å². The maximum absolute atomic E-state index is 13.0. The van der Waals surface area contributed by atoms with Gasteiger partial charge in [-0.15, -0.1) is 11.3 Å². The molecule has 1 heterocycles. The van der Waals surface area contributed by atoms with Crippen LogP contribution in [-0.2, 0) is 10.2 Å². The lowest BCUT2D eigenvalue weighted by molar-refractivity contribution is -0.117. The van der Waals surface area contributed by atoms with Gasteiger partial charge in [-0.05, 0) is 42.2 Å². The summed E-state index contributed by atoms with van der Waals surface area (Å²) < 4.78 is 0. The summed E-state index contributed by atoms with van der Waals surface area (Å²) in [5, 5.41) is 5.40. The number of rotatable bonds is 6. The molecular formula is C24H27N3O2S. The smallest absolute Gasteiger partial charge is 0.251 e. The first-order chi connectivity index (χ1) is 14.3. The Morgan fingerprint density at radius 2 is 1.70 bits per heavy atom. The molecule has 1 aromatic heterocycles. The molecule has 1 N–H and O–H groups in total. The molecule has 0 radical (unpaired) electrons. The molecular weight excluding hydrogens is 394 g/mol. The van der Waals surface area contributed by atoms with Crippen LogP contribution >= 0.6 is 11.3 Å². The fraction of sp³-hybridized carbons (Fsp3) is 0.292. The van der Waals surface area contributed by atoms with Crippen LogP contribution in [0.1, 0.15) is 48.8 Å². The first-order valence-corrected chi connectivity index (χ1v) is 10.8. The minimum Gasteiger partial charge on any atom is -0.352 e. The highest BCUT2D eigenvalue weighted by molar-refractivity contribution is 7.14. The SMILES string of the molecule is Cc1csc(N(C(=O)CCNC(=O)c2ccc(C(C)(C)C)cc2)c2ccccc2)n1. The number of nitrogens with one attached hydrogen (secondary N) is 1. The molecule has 0 saturated heterocycles. The van der Waals surface area contributed by atoms with Gasteiger partial charge < -0.3 is 5.32 Å². The van der Waals surface area contributed by atoms with E-state index in [0.29, 0.717) is 10.7 Å². The van der Waals surface area contributed by atoms with Crippen molar-refractivity contribution in [1.82, 2.24) is 10.3 Å². The molecule has 6 heteroatoms. The summed E-state index contributed by atoms with van der Waals surface area (Å²) in [4.78, 5) is 31.5. The molecule has 0 bridgehead atoms. The largest absolute Gasteiger partial charge is 0.352 e. The van der Waals surface area contributed by atoms with E-state index in [2.05, 4.69) is 31.1 Å². The number of thiazole rings is 1. The Labute approximate surface area is 181 Å². The summed E-state index contributed by atoms with van der Waals surface area (Å²) in [6.07, 6.45) is 0.180. The van der Waals surface area contributed by atoms with Crippen LogP contribution in [0.5, 0.6) is 0 Å². The quantitative estimate of drug-likeness (QED) is 0.592. The van der Waals surface area contributed by atoms with E-state index in [-0.39, 0.29) is 30.2 Å². The number of para-hydroxylation sites is 1. The predicted molar refractivity (Wildman–Crippen MR) is 123 cm³/mol. The van der Waals surface area contributed by atoms with E-state index >= 15 is 0 Å². The van der Waals surface area contributed by atoms with E-state index in [1.807, 2.05) is 66.9 Å². The van der Waals surface area contributed by atoms with Crippen molar-refractivity contribution in [2.75, 3.05) is 11.4 Å². The first-order valence-electron chi connectivity index (χ1n) is 9.94. The Morgan fingerprint density at radius 3 is 2.27 bits per heavy atom. The second-order valence-corrected chi connectivity index (χ2v) is 9.01. The van der Waals surface area contributed by atoms with Gasteiger partial charge in [0, 0.05) is 23.9 Å². The lowest BCUT2D eigenvalue weighted by Gasteiger charge is -2.20. The molecule has 5 nitrogen and oxygen atoms in total. The van der Waals surface area contributed by atoms with Crippen molar-refractivity contribution < 1.29 is 9.59 Å². The maximum Gasteiger partial charge on any atom is 0.251 e. The van der Waals surface area contributed by atoms with Crippen LogP contribution in [0.25, 0.3) is 0 Å². The number of hydrogen-bond acceptors (Lipinski definition) is 4. The van der Waals surface area contributed by atoms with E-state index in [9.17, 15) is 9.59 Å². The van der Waals surface area contributed by atoms with Crippen molar-refractivity contribution in [2.45, 2.75) is 39.5 Å². The second kappa shape index (κ2) is 9.22. The molecule has 30 heavy (non-hydrogen) atoms. The van der Waals surface area contributed by atoms with Crippen LogP contribution in [0.4, 0.5) is 10.8 Å². The second-order valence-electron chi connectivity index (χ2n) is 8.17. The third-order valence-corrected chi connectivity index (χ3v) is 5.64. The van der Waals surface area contributed by atoms with E-state index in [1.165, 1.54) is 16.9 Å². The number of carbonyl (C=O) groups is 2. The number of nitrogens with zero attached hydrogens (tertiary/aromatic N) is 2. The average Bonchev–Trinajstić information content (AvgIpc) is 3.14. The third-order valence-electron chi connectivity index (χ3n) is 4.70. The van der Waals surface area contributed by atoms with Gasteiger partial charge in [0.2, 0.25) is 5.91 Å². The Balaban J connectivity index is 1.64. The van der Waals surface area contributed by atoms with Gasteiger partial charge in [-0.3, -0.25) is 14.5 Å². The van der Waals surface area contributed by atoms with Crippen LogP contribution in [0.15, 0.2) is 60.0 Å². The Hall–Kier alpha value is -2.99. The van der Waals surface area contributed by atoms with Crippen LogP contribution < -0.4 is 10.2 Å². The van der Waals surface area contributed by atoms with Crippen molar-refractivity contribution in [1.29, 1.82) is 0 Å². The lowest BCUT2D eigenvalue weighted by atomic mass is 9.87. The van der Waals surface area contributed by atoms with Crippen LogP contribution in [0.3, 0.4) is 0 Å². The van der Waals surface area contributed by atoms with Crippen molar-refractivity contribution in [2.24, 2.45) is 0 Å². The van der Waals surface area contributed by atoms with Crippen LogP contribution in [0.2, 0.25) is 0 Å². The van der Waals surface area contributed by atoms with Gasteiger partial charge in [-0.2, -0.15) is 0 Å². The van der Waals surface area contributed by atoms with Crippen molar-refractivity contribution in [3.05, 3.63) is 76.8 Å². The van der Waals surface area contributed by atoms with Crippen LogP contribution in [0, 0.1) is 6.92 Å². The molecule has 0 atom stereocenters. The Bertz CT molecular complexity index is 1000. The number of carbonyl (C=O) groups excluding carboxylic acids is 2. The van der Waals surface area contributed by atoms with E-state index < -0.39 is 0 Å². The highest BCUT2D eigenvalue weighted by Gasteiger charge is 2.21. The molecule has 2 aromatic carbocycles. The third kappa shape index (κ3) is 5.33. The number of anilines is 2. The molecule has 156 valence electrons. The summed E-state index contributed by atoms with van der Waals surface area (Å²) in [7, 11) is 0. The summed E-state index contributed by atoms with van der Waals surface area (Å²) in [6, 6.07) is 17.0. The number of aromatic nitrogens is 1. The zero-order valence-electron chi connectivity index (χ0n) is 17.8. The van der Waals surface area contributed by atoms with E-state index in [0.717, 1.165) is 11.4 Å².